The molecule has 0 amide bonds. The van der Waals surface area contributed by atoms with Crippen LogP contribution in [-0.4, -0.2) is 37.2 Å². The Labute approximate surface area is 424 Å². The van der Waals surface area contributed by atoms with Crippen LogP contribution in [0.15, 0.2) is 12.2 Å². The fourth-order valence-electron chi connectivity index (χ4n) is 9.38. The summed E-state index contributed by atoms with van der Waals surface area (Å²) in [6.45, 7) is 6.64. The van der Waals surface area contributed by atoms with E-state index in [9.17, 15) is 14.4 Å². The van der Waals surface area contributed by atoms with Crippen LogP contribution in [0.3, 0.4) is 0 Å². The van der Waals surface area contributed by atoms with Crippen LogP contribution < -0.4 is 0 Å². The minimum Gasteiger partial charge on any atom is -0.462 e. The minimum absolute atomic E-state index is 0.0637. The van der Waals surface area contributed by atoms with E-state index in [-0.39, 0.29) is 31.1 Å². The fraction of sp³-hybridized carbons (Fsp3) is 0.919. The highest BCUT2D eigenvalue weighted by Crippen LogP contribution is 2.18. The average molecular weight is 960 g/mol. The quantitative estimate of drug-likeness (QED) is 0.0262. The third kappa shape index (κ3) is 55.1. The largest absolute Gasteiger partial charge is 0.462 e. The number of unbranched alkanes of at least 4 members (excludes halogenated alkanes) is 44. The van der Waals surface area contributed by atoms with Gasteiger partial charge in [0, 0.05) is 19.3 Å². The van der Waals surface area contributed by atoms with Gasteiger partial charge in [-0.3, -0.25) is 14.4 Å². The van der Waals surface area contributed by atoms with Crippen LogP contribution in [0.25, 0.3) is 0 Å². The van der Waals surface area contributed by atoms with Gasteiger partial charge in [0.2, 0.25) is 0 Å². The lowest BCUT2D eigenvalue weighted by Gasteiger charge is -2.18. The van der Waals surface area contributed by atoms with Crippen LogP contribution in [0.2, 0.25) is 0 Å². The van der Waals surface area contributed by atoms with Gasteiger partial charge in [0.1, 0.15) is 13.2 Å². The predicted molar refractivity (Wildman–Crippen MR) is 293 cm³/mol. The normalized spacial score (nSPS) is 12.0. The molecule has 0 aromatic carbocycles. The first kappa shape index (κ1) is 66.2. The maximum atomic E-state index is 12.8. The molecular formula is C62H118O6. The lowest BCUT2D eigenvalue weighted by molar-refractivity contribution is -0.167. The fourth-order valence-corrected chi connectivity index (χ4v) is 9.38. The first-order valence-electron chi connectivity index (χ1n) is 30.7. The molecule has 0 fully saturated rings. The topological polar surface area (TPSA) is 78.9 Å². The molecule has 6 nitrogen and oxygen atoms in total. The SMILES string of the molecule is CCCCCCCCCC/C=C\CCCCCCCCCCCCCCCCCCCCCC(=O)OCC(COC(=O)CCCCCCCCC)OC(=O)CCCCCCCCCCCCCC. The molecule has 1 unspecified atom stereocenters. The first-order chi connectivity index (χ1) is 33.5. The van der Waals surface area contributed by atoms with Crippen LogP contribution in [0, 0.1) is 0 Å². The molecule has 0 radical (unpaired) electrons. The number of ether oxygens (including phenoxy) is 3. The minimum atomic E-state index is -0.761. The molecule has 0 N–H and O–H groups in total. The second-order valence-electron chi connectivity index (χ2n) is 21.0. The Balaban J connectivity index is 3.92. The van der Waals surface area contributed by atoms with Gasteiger partial charge in [0.05, 0.1) is 0 Å². The summed E-state index contributed by atoms with van der Waals surface area (Å²) in [5, 5.41) is 0. The van der Waals surface area contributed by atoms with E-state index in [4.69, 9.17) is 14.2 Å². The maximum Gasteiger partial charge on any atom is 0.306 e. The van der Waals surface area contributed by atoms with Crippen molar-refractivity contribution in [3.63, 3.8) is 0 Å². The molecule has 0 saturated heterocycles. The van der Waals surface area contributed by atoms with Gasteiger partial charge in [0.25, 0.3) is 0 Å². The van der Waals surface area contributed by atoms with Crippen LogP contribution >= 0.6 is 0 Å². The molecule has 1 atom stereocenters. The highest BCUT2D eigenvalue weighted by Gasteiger charge is 2.19. The van der Waals surface area contributed by atoms with Gasteiger partial charge in [0.15, 0.2) is 6.10 Å². The van der Waals surface area contributed by atoms with Crippen molar-refractivity contribution in [2.45, 2.75) is 354 Å². The Morgan fingerprint density at radius 3 is 0.735 bits per heavy atom. The van der Waals surface area contributed by atoms with E-state index in [0.717, 1.165) is 57.8 Å². The summed E-state index contributed by atoms with van der Waals surface area (Å²) in [5.74, 6) is -0.849. The first-order valence-corrected chi connectivity index (χ1v) is 30.7. The second kappa shape index (κ2) is 57.7. The molecule has 0 saturated carbocycles. The van der Waals surface area contributed by atoms with Crippen molar-refractivity contribution in [2.75, 3.05) is 13.2 Å². The molecule has 402 valence electrons. The van der Waals surface area contributed by atoms with Crippen molar-refractivity contribution in [1.29, 1.82) is 0 Å². The number of carbonyl (C=O) groups excluding carboxylic acids is 3. The number of hydrogen-bond acceptors (Lipinski definition) is 6. The van der Waals surface area contributed by atoms with Gasteiger partial charge in [-0.05, 0) is 44.9 Å². The zero-order chi connectivity index (χ0) is 49.3. The lowest BCUT2D eigenvalue weighted by Crippen LogP contribution is -2.30. The Morgan fingerprint density at radius 2 is 0.485 bits per heavy atom. The molecule has 0 bridgehead atoms. The molecule has 0 rings (SSSR count). The Kier molecular flexibility index (Phi) is 56.2. The van der Waals surface area contributed by atoms with Crippen molar-refractivity contribution in [3.05, 3.63) is 12.2 Å². The predicted octanol–water partition coefficient (Wildman–Crippen LogP) is 20.5. The summed E-state index contributed by atoms with van der Waals surface area (Å²) < 4.78 is 16.8. The highest BCUT2D eigenvalue weighted by atomic mass is 16.6. The molecule has 68 heavy (non-hydrogen) atoms. The van der Waals surface area contributed by atoms with Crippen LogP contribution in [-0.2, 0) is 28.6 Å². The van der Waals surface area contributed by atoms with Gasteiger partial charge in [-0.15, -0.1) is 0 Å². The molecule has 0 aliphatic rings. The van der Waals surface area contributed by atoms with Gasteiger partial charge < -0.3 is 14.2 Å². The van der Waals surface area contributed by atoms with Crippen LogP contribution in [0.1, 0.15) is 348 Å². The number of carbonyl (C=O) groups is 3. The van der Waals surface area contributed by atoms with Gasteiger partial charge in [-0.25, -0.2) is 0 Å². The summed E-state index contributed by atoms with van der Waals surface area (Å²) in [6.07, 6.45) is 66.9. The van der Waals surface area contributed by atoms with Crippen molar-refractivity contribution in [2.24, 2.45) is 0 Å². The summed E-state index contributed by atoms with van der Waals surface area (Å²) in [4.78, 5) is 37.9. The number of esters is 3. The summed E-state index contributed by atoms with van der Waals surface area (Å²) in [6, 6.07) is 0. The molecular weight excluding hydrogens is 841 g/mol. The van der Waals surface area contributed by atoms with Gasteiger partial charge >= 0.3 is 17.9 Å². The number of allylic oxidation sites excluding steroid dienone is 2. The molecule has 0 spiro atoms. The zero-order valence-electron chi connectivity index (χ0n) is 46.2. The lowest BCUT2D eigenvalue weighted by atomic mass is 10.0. The number of rotatable bonds is 57. The standard InChI is InChI=1S/C62H118O6/c1-4-7-10-13-16-18-20-22-23-24-25-26-27-28-29-30-31-32-33-34-35-36-37-38-39-40-42-43-46-49-52-55-61(64)67-58-59(57-66-60(63)54-51-48-45-15-12-9-6-3)68-62(65)56-53-50-47-44-41-21-19-17-14-11-8-5-2/h24-25,59H,4-23,26-58H2,1-3H3/b25-24-. The zero-order valence-corrected chi connectivity index (χ0v) is 46.2. The van der Waals surface area contributed by atoms with Crippen LogP contribution in [0.5, 0.6) is 0 Å². The average Bonchev–Trinajstić information content (AvgIpc) is 3.34. The summed E-state index contributed by atoms with van der Waals surface area (Å²) in [5.41, 5.74) is 0. The summed E-state index contributed by atoms with van der Waals surface area (Å²) >= 11 is 0. The molecule has 0 aliphatic heterocycles. The van der Waals surface area contributed by atoms with Crippen LogP contribution in [0.4, 0.5) is 0 Å². The van der Waals surface area contributed by atoms with E-state index in [0.29, 0.717) is 19.3 Å². The monoisotopic (exact) mass is 959 g/mol. The number of hydrogen-bond donors (Lipinski definition) is 0. The van der Waals surface area contributed by atoms with Gasteiger partial charge in [-0.1, -0.05) is 296 Å². The highest BCUT2D eigenvalue weighted by molar-refractivity contribution is 5.71. The second-order valence-corrected chi connectivity index (χ2v) is 21.0. The smallest absolute Gasteiger partial charge is 0.306 e. The Morgan fingerprint density at radius 1 is 0.279 bits per heavy atom. The van der Waals surface area contributed by atoms with Crippen molar-refractivity contribution >= 4 is 17.9 Å². The molecule has 0 aromatic rings. The van der Waals surface area contributed by atoms with E-state index in [2.05, 4.69) is 32.9 Å². The molecule has 0 aromatic heterocycles. The Bertz CT molecular complexity index is 1060. The van der Waals surface area contributed by atoms with Crippen molar-refractivity contribution in [3.8, 4) is 0 Å². The van der Waals surface area contributed by atoms with E-state index >= 15 is 0 Å². The molecule has 0 aliphatic carbocycles. The van der Waals surface area contributed by atoms with E-state index in [1.54, 1.807) is 0 Å². The van der Waals surface area contributed by atoms with E-state index in [1.165, 1.54) is 250 Å². The van der Waals surface area contributed by atoms with E-state index < -0.39 is 6.10 Å². The van der Waals surface area contributed by atoms with E-state index in [1.807, 2.05) is 0 Å². The summed E-state index contributed by atoms with van der Waals surface area (Å²) in [7, 11) is 0. The van der Waals surface area contributed by atoms with Crippen molar-refractivity contribution in [1.82, 2.24) is 0 Å². The van der Waals surface area contributed by atoms with Gasteiger partial charge in [-0.2, -0.15) is 0 Å². The third-order valence-electron chi connectivity index (χ3n) is 14.0. The molecule has 6 heteroatoms. The maximum absolute atomic E-state index is 12.8. The Hall–Kier alpha value is -1.85. The third-order valence-corrected chi connectivity index (χ3v) is 14.0. The van der Waals surface area contributed by atoms with Crippen molar-refractivity contribution < 1.29 is 28.6 Å². The molecule has 0 heterocycles.